The number of amides is 1. The van der Waals surface area contributed by atoms with E-state index in [9.17, 15) is 19.7 Å². The maximum Gasteiger partial charge on any atom is 0.269 e. The Bertz CT molecular complexity index is 1090. The third kappa shape index (κ3) is 4.24. The van der Waals surface area contributed by atoms with Crippen LogP contribution in [0.15, 0.2) is 71.7 Å². The summed E-state index contributed by atoms with van der Waals surface area (Å²) < 4.78 is 6.54. The van der Waals surface area contributed by atoms with Gasteiger partial charge in [0.1, 0.15) is 5.75 Å². The van der Waals surface area contributed by atoms with Crippen LogP contribution >= 0.6 is 0 Å². The molecule has 0 saturated carbocycles. The molecule has 0 saturated heterocycles. The molecule has 8 nitrogen and oxygen atoms in total. The van der Waals surface area contributed by atoms with Gasteiger partial charge < -0.3 is 14.6 Å². The highest BCUT2D eigenvalue weighted by Gasteiger charge is 2.12. The van der Waals surface area contributed by atoms with Crippen LogP contribution in [0, 0.1) is 10.1 Å². The molecule has 1 aromatic heterocycles. The summed E-state index contributed by atoms with van der Waals surface area (Å²) in [5.74, 6) is 0.109. The van der Waals surface area contributed by atoms with E-state index < -0.39 is 10.8 Å². The van der Waals surface area contributed by atoms with Crippen LogP contribution in [0.3, 0.4) is 0 Å². The summed E-state index contributed by atoms with van der Waals surface area (Å²) in [6.07, 6.45) is 1.42. The van der Waals surface area contributed by atoms with Gasteiger partial charge in [0.2, 0.25) is 0 Å². The maximum absolute atomic E-state index is 12.6. The van der Waals surface area contributed by atoms with Gasteiger partial charge in [-0.2, -0.15) is 0 Å². The van der Waals surface area contributed by atoms with Crippen molar-refractivity contribution in [2.24, 2.45) is 0 Å². The smallest absolute Gasteiger partial charge is 0.269 e. The number of anilines is 1. The van der Waals surface area contributed by atoms with E-state index in [1.807, 2.05) is 0 Å². The largest absolute Gasteiger partial charge is 0.495 e. The fourth-order valence-corrected chi connectivity index (χ4v) is 2.70. The van der Waals surface area contributed by atoms with Crippen molar-refractivity contribution < 1.29 is 14.5 Å². The first-order valence-electron chi connectivity index (χ1n) is 8.36. The van der Waals surface area contributed by atoms with Gasteiger partial charge in [-0.05, 0) is 23.8 Å². The number of nitrogens with one attached hydrogen (secondary N) is 1. The Morgan fingerprint density at radius 3 is 2.68 bits per heavy atom. The molecule has 0 radical (unpaired) electrons. The minimum Gasteiger partial charge on any atom is -0.495 e. The van der Waals surface area contributed by atoms with Crippen LogP contribution in [0.5, 0.6) is 5.75 Å². The molecule has 142 valence electrons. The lowest BCUT2D eigenvalue weighted by Gasteiger charge is -2.11. The van der Waals surface area contributed by atoms with E-state index in [2.05, 4.69) is 5.32 Å². The predicted molar refractivity (Wildman–Crippen MR) is 104 cm³/mol. The number of carbonyl (C=O) groups is 1. The number of hydrogen-bond acceptors (Lipinski definition) is 5. The molecular weight excluding hydrogens is 362 g/mol. The highest BCUT2D eigenvalue weighted by atomic mass is 16.6. The average Bonchev–Trinajstić information content (AvgIpc) is 2.70. The molecule has 3 aromatic rings. The van der Waals surface area contributed by atoms with Crippen LogP contribution in [0.1, 0.15) is 15.9 Å². The zero-order valence-electron chi connectivity index (χ0n) is 15.0. The normalized spacial score (nSPS) is 10.3. The number of methoxy groups -OCH3 is 1. The number of benzene rings is 2. The molecule has 0 spiro atoms. The molecule has 0 atom stereocenters. The molecule has 1 N–H and O–H groups in total. The van der Waals surface area contributed by atoms with Crippen LogP contribution in [-0.2, 0) is 6.54 Å². The van der Waals surface area contributed by atoms with Crippen molar-refractivity contribution in [3.8, 4) is 5.75 Å². The van der Waals surface area contributed by atoms with Crippen LogP contribution < -0.4 is 15.6 Å². The third-order valence-corrected chi connectivity index (χ3v) is 4.08. The molecule has 0 aliphatic rings. The molecule has 8 heteroatoms. The van der Waals surface area contributed by atoms with Gasteiger partial charge in [-0.25, -0.2) is 0 Å². The topological polar surface area (TPSA) is 103 Å². The number of aromatic nitrogens is 1. The van der Waals surface area contributed by atoms with Crippen molar-refractivity contribution >= 4 is 17.3 Å². The summed E-state index contributed by atoms with van der Waals surface area (Å²) in [5, 5.41) is 13.7. The Kier molecular flexibility index (Phi) is 5.50. The summed E-state index contributed by atoms with van der Waals surface area (Å²) >= 11 is 0. The van der Waals surface area contributed by atoms with Crippen molar-refractivity contribution in [1.82, 2.24) is 4.57 Å². The number of carbonyl (C=O) groups excluding carboxylic acids is 1. The maximum atomic E-state index is 12.6. The second kappa shape index (κ2) is 8.17. The lowest BCUT2D eigenvalue weighted by molar-refractivity contribution is -0.384. The van der Waals surface area contributed by atoms with Crippen molar-refractivity contribution in [2.75, 3.05) is 12.4 Å². The highest BCUT2D eigenvalue weighted by Crippen LogP contribution is 2.23. The van der Waals surface area contributed by atoms with Gasteiger partial charge in [-0.3, -0.25) is 19.7 Å². The number of ether oxygens (including phenoxy) is 1. The van der Waals surface area contributed by atoms with Gasteiger partial charge in [0, 0.05) is 24.4 Å². The number of non-ortho nitro benzene ring substituents is 1. The number of nitro groups is 1. The van der Waals surface area contributed by atoms with E-state index in [0.29, 0.717) is 17.0 Å². The molecule has 0 unspecified atom stereocenters. The molecule has 0 bridgehead atoms. The number of hydrogen-bond donors (Lipinski definition) is 1. The lowest BCUT2D eigenvalue weighted by Crippen LogP contribution is -2.22. The predicted octanol–water partition coefficient (Wildman–Crippen LogP) is 3.07. The number of nitrogens with zero attached hydrogens (tertiary/aromatic N) is 2. The van der Waals surface area contributed by atoms with Gasteiger partial charge in [0.05, 0.1) is 29.8 Å². The molecular formula is C20H17N3O5. The Labute approximate surface area is 160 Å². The van der Waals surface area contributed by atoms with Gasteiger partial charge in [-0.15, -0.1) is 0 Å². The lowest BCUT2D eigenvalue weighted by atomic mass is 10.2. The summed E-state index contributed by atoms with van der Waals surface area (Å²) in [6, 6.07) is 15.7. The van der Waals surface area contributed by atoms with Crippen LogP contribution in [0.4, 0.5) is 11.4 Å². The Balaban J connectivity index is 1.85. The fourth-order valence-electron chi connectivity index (χ4n) is 2.70. The van der Waals surface area contributed by atoms with Crippen molar-refractivity contribution in [3.05, 3.63) is 98.5 Å². The fraction of sp³-hybridized carbons (Fsp3) is 0.100. The minimum absolute atomic E-state index is 0.0596. The zero-order chi connectivity index (χ0) is 20.1. The van der Waals surface area contributed by atoms with Crippen LogP contribution in [0.2, 0.25) is 0 Å². The molecule has 3 rings (SSSR count). The molecule has 28 heavy (non-hydrogen) atoms. The summed E-state index contributed by atoms with van der Waals surface area (Å²) in [6.45, 7) is 0.107. The van der Waals surface area contributed by atoms with Crippen molar-refractivity contribution in [1.29, 1.82) is 0 Å². The van der Waals surface area contributed by atoms with E-state index in [4.69, 9.17) is 4.74 Å². The van der Waals surface area contributed by atoms with Gasteiger partial charge in [0.25, 0.3) is 17.2 Å². The first-order chi connectivity index (χ1) is 13.5. The average molecular weight is 379 g/mol. The van der Waals surface area contributed by atoms with Gasteiger partial charge in [-0.1, -0.05) is 24.3 Å². The van der Waals surface area contributed by atoms with Crippen molar-refractivity contribution in [3.63, 3.8) is 0 Å². The van der Waals surface area contributed by atoms with E-state index in [0.717, 1.165) is 0 Å². The highest BCUT2D eigenvalue weighted by molar-refractivity contribution is 6.04. The Hall–Kier alpha value is -3.94. The van der Waals surface area contributed by atoms with Crippen LogP contribution in [-0.4, -0.2) is 22.5 Å². The molecule has 1 amide bonds. The van der Waals surface area contributed by atoms with Gasteiger partial charge in [0.15, 0.2) is 0 Å². The van der Waals surface area contributed by atoms with Crippen molar-refractivity contribution in [2.45, 2.75) is 6.54 Å². The van der Waals surface area contributed by atoms with E-state index >= 15 is 0 Å². The molecule has 0 fully saturated rings. The standard InChI is InChI=1S/C20H17N3O5/c1-28-18-8-3-2-7-17(18)21-20(25)15-9-10-19(24)22(13-15)12-14-5-4-6-16(11-14)23(26)27/h2-11,13H,12H2,1H3,(H,21,25). The SMILES string of the molecule is COc1ccccc1NC(=O)c1ccc(=O)n(Cc2cccc([N+](=O)[O-])c2)c1. The third-order valence-electron chi connectivity index (χ3n) is 4.08. The quantitative estimate of drug-likeness (QED) is 0.524. The Morgan fingerprint density at radius 1 is 1.14 bits per heavy atom. The molecule has 0 aliphatic carbocycles. The second-order valence-corrected chi connectivity index (χ2v) is 5.97. The first-order valence-corrected chi connectivity index (χ1v) is 8.36. The monoisotopic (exact) mass is 379 g/mol. The molecule has 0 aliphatic heterocycles. The van der Waals surface area contributed by atoms with Crippen LogP contribution in [0.25, 0.3) is 0 Å². The number of nitro benzene ring substituents is 1. The number of pyridine rings is 1. The summed E-state index contributed by atoms with van der Waals surface area (Å²) in [4.78, 5) is 35.1. The summed E-state index contributed by atoms with van der Waals surface area (Å²) in [5.41, 5.74) is 0.983. The molecule has 1 heterocycles. The number of para-hydroxylation sites is 2. The van der Waals surface area contributed by atoms with E-state index in [1.54, 1.807) is 36.4 Å². The second-order valence-electron chi connectivity index (χ2n) is 5.97. The minimum atomic E-state index is -0.497. The zero-order valence-corrected chi connectivity index (χ0v) is 15.0. The van der Waals surface area contributed by atoms with E-state index in [1.165, 1.54) is 42.1 Å². The first kappa shape index (κ1) is 18.8. The van der Waals surface area contributed by atoms with Gasteiger partial charge >= 0.3 is 0 Å². The molecule has 2 aromatic carbocycles. The Morgan fingerprint density at radius 2 is 1.93 bits per heavy atom. The number of rotatable bonds is 6. The summed E-state index contributed by atoms with van der Waals surface area (Å²) in [7, 11) is 1.50. The van der Waals surface area contributed by atoms with E-state index in [-0.39, 0.29) is 23.4 Å².